The minimum absolute atomic E-state index is 0.0710. The molecule has 0 aliphatic carbocycles. The predicted molar refractivity (Wildman–Crippen MR) is 134 cm³/mol. The van der Waals surface area contributed by atoms with Gasteiger partial charge in [0.1, 0.15) is 5.75 Å². The van der Waals surface area contributed by atoms with Crippen molar-refractivity contribution in [2.45, 2.75) is 51.9 Å². The van der Waals surface area contributed by atoms with Gasteiger partial charge in [0.25, 0.3) is 0 Å². The zero-order valence-electron chi connectivity index (χ0n) is 21.6. The van der Waals surface area contributed by atoms with Crippen molar-refractivity contribution in [3.8, 4) is 17.2 Å². The molecule has 38 heavy (non-hydrogen) atoms. The predicted octanol–water partition coefficient (Wildman–Crippen LogP) is 5.11. The van der Waals surface area contributed by atoms with Gasteiger partial charge in [-0.05, 0) is 67.0 Å². The Hall–Kier alpha value is -4.28. The first-order valence-corrected chi connectivity index (χ1v) is 12.0. The topological polar surface area (TPSA) is 155 Å². The first-order chi connectivity index (χ1) is 18.1. The quantitative estimate of drug-likeness (QED) is 0.189. The summed E-state index contributed by atoms with van der Waals surface area (Å²) in [7, 11) is 1.43. The summed E-state index contributed by atoms with van der Waals surface area (Å²) in [6, 6.07) is 10.6. The molecule has 0 radical (unpaired) electrons. The lowest BCUT2D eigenvalue weighted by molar-refractivity contribution is -0.138. The summed E-state index contributed by atoms with van der Waals surface area (Å²) in [4.78, 5) is 45.4. The SMILES string of the molecule is COc1ccc(CC(C)c2ccc(C)cc2OC(=O)OCCCC(=O)O)cc1OC(=O)OCCCC(=O)O. The zero-order chi connectivity index (χ0) is 28.1. The van der Waals surface area contributed by atoms with Crippen LogP contribution >= 0.6 is 0 Å². The summed E-state index contributed by atoms with van der Waals surface area (Å²) in [6.45, 7) is 3.63. The molecule has 2 aromatic carbocycles. The lowest BCUT2D eigenvalue weighted by atomic mass is 9.92. The highest BCUT2D eigenvalue weighted by Crippen LogP contribution is 2.34. The van der Waals surface area contributed by atoms with E-state index in [1.54, 1.807) is 18.2 Å². The average Bonchev–Trinajstić information content (AvgIpc) is 2.84. The number of carbonyl (C=O) groups is 4. The highest BCUT2D eigenvalue weighted by molar-refractivity contribution is 5.68. The van der Waals surface area contributed by atoms with Gasteiger partial charge in [-0.3, -0.25) is 9.59 Å². The highest BCUT2D eigenvalue weighted by Gasteiger charge is 2.18. The molecule has 2 rings (SSSR count). The Bertz CT molecular complexity index is 1130. The van der Waals surface area contributed by atoms with E-state index in [-0.39, 0.29) is 50.6 Å². The number of hydrogen-bond donors (Lipinski definition) is 2. The number of hydrogen-bond acceptors (Lipinski definition) is 9. The van der Waals surface area contributed by atoms with Crippen LogP contribution in [0, 0.1) is 6.92 Å². The lowest BCUT2D eigenvalue weighted by Gasteiger charge is -2.18. The number of aliphatic carboxylic acids is 2. The van der Waals surface area contributed by atoms with Crippen LogP contribution in [0.25, 0.3) is 0 Å². The number of carbonyl (C=O) groups excluding carboxylic acids is 2. The van der Waals surface area contributed by atoms with E-state index in [0.717, 1.165) is 16.7 Å². The van der Waals surface area contributed by atoms with Crippen LogP contribution in [0.15, 0.2) is 36.4 Å². The molecule has 0 aliphatic heterocycles. The molecule has 0 spiro atoms. The van der Waals surface area contributed by atoms with Gasteiger partial charge in [-0.2, -0.15) is 0 Å². The second kappa shape index (κ2) is 15.1. The fourth-order valence-corrected chi connectivity index (χ4v) is 3.52. The number of methoxy groups -OCH3 is 1. The molecule has 206 valence electrons. The Kier molecular flexibility index (Phi) is 11.9. The highest BCUT2D eigenvalue weighted by atomic mass is 16.7. The molecular weight excluding hydrogens is 500 g/mol. The molecule has 2 aromatic rings. The number of aryl methyl sites for hydroxylation is 1. The van der Waals surface area contributed by atoms with Crippen molar-refractivity contribution < 1.29 is 53.1 Å². The summed E-state index contributed by atoms with van der Waals surface area (Å²) < 4.78 is 25.9. The molecule has 0 aromatic heterocycles. The molecule has 0 saturated heterocycles. The molecule has 11 heteroatoms. The van der Waals surface area contributed by atoms with Crippen LogP contribution in [-0.2, 0) is 25.5 Å². The normalized spacial score (nSPS) is 11.2. The fourth-order valence-electron chi connectivity index (χ4n) is 3.52. The van der Waals surface area contributed by atoms with Crippen molar-refractivity contribution in [3.05, 3.63) is 53.1 Å². The monoisotopic (exact) mass is 532 g/mol. The first kappa shape index (κ1) is 29.9. The Labute approximate surface area is 220 Å². The molecule has 1 atom stereocenters. The van der Waals surface area contributed by atoms with E-state index in [1.165, 1.54) is 7.11 Å². The Balaban J connectivity index is 2.07. The lowest BCUT2D eigenvalue weighted by Crippen LogP contribution is -2.14. The van der Waals surface area contributed by atoms with Crippen LogP contribution in [-0.4, -0.2) is 54.8 Å². The second-order valence-electron chi connectivity index (χ2n) is 8.53. The molecular formula is C27H32O11. The van der Waals surface area contributed by atoms with Crippen molar-refractivity contribution in [3.63, 3.8) is 0 Å². The van der Waals surface area contributed by atoms with Gasteiger partial charge in [-0.15, -0.1) is 0 Å². The second-order valence-corrected chi connectivity index (χ2v) is 8.53. The van der Waals surface area contributed by atoms with Gasteiger partial charge in [-0.25, -0.2) is 9.59 Å². The number of carboxylic acid groups (broad SMARTS) is 2. The summed E-state index contributed by atoms with van der Waals surface area (Å²) in [5.41, 5.74) is 2.42. The van der Waals surface area contributed by atoms with E-state index in [2.05, 4.69) is 0 Å². The van der Waals surface area contributed by atoms with E-state index >= 15 is 0 Å². The van der Waals surface area contributed by atoms with Crippen LogP contribution in [0.4, 0.5) is 9.59 Å². The standard InChI is InChI=1S/C27H32O11/c1-17-8-10-20(22(14-17)37-26(32)35-12-4-6-24(28)29)18(2)15-19-9-11-21(34-3)23(16-19)38-27(33)36-13-5-7-25(30)31/h8-11,14,16,18H,4-7,12-13,15H2,1-3H3,(H,28,29)(H,30,31). The van der Waals surface area contributed by atoms with Crippen LogP contribution in [0.2, 0.25) is 0 Å². The largest absolute Gasteiger partial charge is 0.513 e. The maximum atomic E-state index is 12.2. The van der Waals surface area contributed by atoms with Gasteiger partial charge in [0.2, 0.25) is 0 Å². The van der Waals surface area contributed by atoms with Crippen LogP contribution < -0.4 is 14.2 Å². The maximum absolute atomic E-state index is 12.2. The van der Waals surface area contributed by atoms with Gasteiger partial charge in [0.05, 0.1) is 20.3 Å². The first-order valence-electron chi connectivity index (χ1n) is 12.0. The molecule has 0 saturated carbocycles. The van der Waals surface area contributed by atoms with Crippen molar-refractivity contribution in [2.75, 3.05) is 20.3 Å². The van der Waals surface area contributed by atoms with E-state index in [0.29, 0.717) is 17.9 Å². The van der Waals surface area contributed by atoms with Crippen LogP contribution in [0.5, 0.6) is 17.2 Å². The smallest absolute Gasteiger partial charge is 0.493 e. The number of ether oxygens (including phenoxy) is 5. The summed E-state index contributed by atoms with van der Waals surface area (Å²) in [6.07, 6.45) is -1.31. The Morgan fingerprint density at radius 1 is 0.789 bits per heavy atom. The van der Waals surface area contributed by atoms with E-state index in [4.69, 9.17) is 33.9 Å². The number of rotatable bonds is 14. The van der Waals surface area contributed by atoms with Gasteiger partial charge in [0.15, 0.2) is 11.5 Å². The molecule has 0 aliphatic rings. The van der Waals surface area contributed by atoms with Crippen molar-refractivity contribution in [1.82, 2.24) is 0 Å². The van der Waals surface area contributed by atoms with E-state index in [9.17, 15) is 19.2 Å². The minimum Gasteiger partial charge on any atom is -0.493 e. The maximum Gasteiger partial charge on any atom is 0.513 e. The summed E-state index contributed by atoms with van der Waals surface area (Å²) in [5, 5.41) is 17.3. The van der Waals surface area contributed by atoms with Crippen molar-refractivity contribution >= 4 is 24.2 Å². The Morgan fingerprint density at radius 2 is 1.37 bits per heavy atom. The van der Waals surface area contributed by atoms with Gasteiger partial charge in [0, 0.05) is 12.8 Å². The fraction of sp³-hybridized carbons (Fsp3) is 0.407. The van der Waals surface area contributed by atoms with E-state index in [1.807, 2.05) is 32.0 Å². The third-order valence-electron chi connectivity index (χ3n) is 5.37. The average molecular weight is 533 g/mol. The third kappa shape index (κ3) is 10.4. The Morgan fingerprint density at radius 3 is 1.92 bits per heavy atom. The molecule has 0 fully saturated rings. The summed E-state index contributed by atoms with van der Waals surface area (Å²) >= 11 is 0. The molecule has 0 amide bonds. The van der Waals surface area contributed by atoms with E-state index < -0.39 is 24.2 Å². The number of carboxylic acids is 2. The van der Waals surface area contributed by atoms with Gasteiger partial charge in [-0.1, -0.05) is 25.1 Å². The molecule has 2 N–H and O–H groups in total. The van der Waals surface area contributed by atoms with Crippen LogP contribution in [0.1, 0.15) is 55.2 Å². The van der Waals surface area contributed by atoms with Gasteiger partial charge >= 0.3 is 24.2 Å². The molecule has 11 nitrogen and oxygen atoms in total. The van der Waals surface area contributed by atoms with Crippen molar-refractivity contribution in [2.24, 2.45) is 0 Å². The molecule has 1 unspecified atom stereocenters. The molecule has 0 heterocycles. The minimum atomic E-state index is -0.986. The van der Waals surface area contributed by atoms with Crippen molar-refractivity contribution in [1.29, 1.82) is 0 Å². The summed E-state index contributed by atoms with van der Waals surface area (Å²) in [5.74, 6) is -1.30. The van der Waals surface area contributed by atoms with Gasteiger partial charge < -0.3 is 33.9 Å². The third-order valence-corrected chi connectivity index (χ3v) is 5.37. The van der Waals surface area contributed by atoms with Crippen LogP contribution in [0.3, 0.4) is 0 Å². The zero-order valence-corrected chi connectivity index (χ0v) is 21.6. The molecule has 0 bridgehead atoms. The number of benzene rings is 2.